The maximum atomic E-state index is 6.81. The third kappa shape index (κ3) is 108. The first-order chi connectivity index (χ1) is 2.00. The normalized spacial score (nSPS) is 2.00. The summed E-state index contributed by atoms with van der Waals surface area (Å²) >= 11 is 3.88. The molecule has 0 fully saturated rings. The lowest BCUT2D eigenvalue weighted by Crippen LogP contribution is -0.872. The Bertz CT molecular complexity index is 9.51. The Kier molecular flexibility index (Phi) is 1020. The number of rotatable bonds is 0. The Morgan fingerprint density at radius 1 is 0.667 bits per heavy atom. The lowest BCUT2D eigenvalue weighted by atomic mass is 14.0. The van der Waals surface area contributed by atoms with Crippen molar-refractivity contribution < 1.29 is 8.40 Å². The molecule has 0 saturated carbocycles. The number of hydrogen-bond donors (Lipinski definition) is 4. The van der Waals surface area contributed by atoms with Crippen molar-refractivity contribution in [1.29, 1.82) is 0 Å². The summed E-state index contributed by atoms with van der Waals surface area (Å²) in [5.74, 6) is 0. The highest BCUT2D eigenvalue weighted by molar-refractivity contribution is 9.05. The molecule has 0 bridgehead atoms. The summed E-state index contributed by atoms with van der Waals surface area (Å²) in [6.07, 6.45) is 0. The second-order valence-electron chi connectivity index (χ2n) is 0. The van der Waals surface area contributed by atoms with Gasteiger partial charge in [-0.3, -0.25) is 0 Å². The van der Waals surface area contributed by atoms with Crippen LogP contribution < -0.4 is 12.3 Å². The zero-order valence-electron chi connectivity index (χ0n) is 3.06. The van der Waals surface area contributed by atoms with Crippen molar-refractivity contribution in [3.05, 3.63) is 0 Å². The van der Waals surface area contributed by atoms with Gasteiger partial charge in [0.15, 0.2) is 0 Å². The number of hydrogen-bond acceptors (Lipinski definition) is 4. The van der Waals surface area contributed by atoms with Crippen LogP contribution in [0.15, 0.2) is 0 Å². The quantitative estimate of drug-likeness (QED) is 0.493. The molecule has 6 heteroatoms. The lowest BCUT2D eigenvalue weighted by Gasteiger charge is -1.14. The molecule has 8 N–H and O–H groups in total. The molecular weight excluding hydrogens is 220 g/mol. The SMILES string of the molecule is N.N.OBr.OBr. The molecule has 0 saturated heterocycles. The van der Waals surface area contributed by atoms with E-state index in [4.69, 9.17) is 8.40 Å². The van der Waals surface area contributed by atoms with E-state index in [1.165, 1.54) is 0 Å². The largest absolute Gasteiger partial charge is 0.344 e. The van der Waals surface area contributed by atoms with Gasteiger partial charge in [-0.25, -0.2) is 0 Å². The Balaban J connectivity index is -0.00000000500. The molecule has 6 heavy (non-hydrogen) atoms. The van der Waals surface area contributed by atoms with Crippen LogP contribution in [0.1, 0.15) is 0 Å². The third-order valence-corrected chi connectivity index (χ3v) is 0. The van der Waals surface area contributed by atoms with Crippen molar-refractivity contribution in [1.82, 2.24) is 12.3 Å². The highest BCUT2D eigenvalue weighted by Gasteiger charge is 0.910. The van der Waals surface area contributed by atoms with Crippen molar-refractivity contribution in [3.8, 4) is 0 Å². The highest BCUT2D eigenvalue weighted by atomic mass is 79.9. The van der Waals surface area contributed by atoms with Crippen LogP contribution in [0.4, 0.5) is 0 Å². The highest BCUT2D eigenvalue weighted by Crippen LogP contribution is 1.43. The molecule has 0 radical (unpaired) electrons. The Morgan fingerprint density at radius 3 is 0.667 bits per heavy atom. The van der Waals surface area contributed by atoms with Crippen molar-refractivity contribution in [2.24, 2.45) is 0 Å². The van der Waals surface area contributed by atoms with Crippen LogP contribution in [0.5, 0.6) is 0 Å². The van der Waals surface area contributed by atoms with Gasteiger partial charge in [-0.05, 0) is 0 Å². The minimum Gasteiger partial charge on any atom is -0.344 e. The number of halogens is 2. The molecule has 44 valence electrons. The van der Waals surface area contributed by atoms with Crippen LogP contribution in [-0.4, -0.2) is 8.40 Å². The van der Waals surface area contributed by atoms with Gasteiger partial charge >= 0.3 is 0 Å². The Hall–Kier alpha value is 0.800. The molecule has 0 rings (SSSR count). The predicted octanol–water partition coefficient (Wildman–Crippen LogP) is 0.901. The van der Waals surface area contributed by atoms with Gasteiger partial charge in [-0.2, -0.15) is 0 Å². The van der Waals surface area contributed by atoms with Crippen LogP contribution in [0, 0.1) is 0 Å². The molecule has 0 aromatic heterocycles. The summed E-state index contributed by atoms with van der Waals surface area (Å²) in [4.78, 5) is 0. The van der Waals surface area contributed by atoms with E-state index in [0.29, 0.717) is 0 Å². The maximum Gasteiger partial charge on any atom is 0.0957 e. The van der Waals surface area contributed by atoms with Crippen molar-refractivity contribution in [3.63, 3.8) is 0 Å². The zero-order chi connectivity index (χ0) is 4.00. The molecule has 0 aromatic carbocycles. The van der Waals surface area contributed by atoms with Gasteiger partial charge in [0, 0.05) is 0 Å². The molecular formula is H8Br2N2O2. The van der Waals surface area contributed by atoms with E-state index in [-0.39, 0.29) is 12.3 Å². The van der Waals surface area contributed by atoms with E-state index in [1.807, 2.05) is 32.5 Å². The van der Waals surface area contributed by atoms with Crippen LogP contribution in [-0.2, 0) is 0 Å². The first-order valence-corrected chi connectivity index (χ1v) is 1.76. The predicted molar refractivity (Wildman–Crippen MR) is 32.3 cm³/mol. The fourth-order valence-corrected chi connectivity index (χ4v) is 0. The smallest absolute Gasteiger partial charge is 0.0957 e. The van der Waals surface area contributed by atoms with Gasteiger partial charge in [0.25, 0.3) is 0 Å². The summed E-state index contributed by atoms with van der Waals surface area (Å²) in [6.45, 7) is 0. The van der Waals surface area contributed by atoms with E-state index < -0.39 is 0 Å². The molecule has 0 aliphatic heterocycles. The molecule has 0 heterocycles. The van der Waals surface area contributed by atoms with Gasteiger partial charge in [0.1, 0.15) is 0 Å². The van der Waals surface area contributed by atoms with E-state index >= 15 is 0 Å². The molecule has 0 aliphatic rings. The fourth-order valence-electron chi connectivity index (χ4n) is 0. The summed E-state index contributed by atoms with van der Waals surface area (Å²) in [5, 5.41) is 0. The van der Waals surface area contributed by atoms with E-state index in [0.717, 1.165) is 0 Å². The Labute approximate surface area is 53.6 Å². The first kappa shape index (κ1) is 29.2. The lowest BCUT2D eigenvalue weighted by molar-refractivity contribution is 0.701. The summed E-state index contributed by atoms with van der Waals surface area (Å²) in [5.41, 5.74) is 0. The van der Waals surface area contributed by atoms with Crippen LogP contribution in [0.2, 0.25) is 0 Å². The van der Waals surface area contributed by atoms with Crippen molar-refractivity contribution >= 4 is 32.5 Å². The second-order valence-corrected chi connectivity index (χ2v) is 0. The summed E-state index contributed by atoms with van der Waals surface area (Å²) in [6, 6.07) is 0. The first-order valence-electron chi connectivity index (χ1n) is 0.338. The van der Waals surface area contributed by atoms with Gasteiger partial charge in [0.05, 0.1) is 32.5 Å². The average molecular weight is 228 g/mol. The molecule has 0 spiro atoms. The maximum absolute atomic E-state index is 6.81. The molecule has 0 unspecified atom stereocenters. The Morgan fingerprint density at radius 2 is 0.667 bits per heavy atom. The van der Waals surface area contributed by atoms with E-state index in [9.17, 15) is 0 Å². The average Bonchev–Trinajstić information content (AvgIpc) is 1.50. The molecule has 0 aliphatic carbocycles. The molecule has 0 amide bonds. The molecule has 4 nitrogen and oxygen atoms in total. The van der Waals surface area contributed by atoms with Gasteiger partial charge < -0.3 is 20.7 Å². The molecule has 0 aromatic rings. The van der Waals surface area contributed by atoms with Gasteiger partial charge in [-0.15, -0.1) is 0 Å². The van der Waals surface area contributed by atoms with Crippen molar-refractivity contribution in [2.75, 3.05) is 0 Å². The minimum atomic E-state index is 0. The minimum absolute atomic E-state index is 0. The third-order valence-electron chi connectivity index (χ3n) is 0. The fraction of sp³-hybridized carbons (Fsp3) is 0. The van der Waals surface area contributed by atoms with E-state index in [1.54, 1.807) is 0 Å². The van der Waals surface area contributed by atoms with E-state index in [2.05, 4.69) is 0 Å². The van der Waals surface area contributed by atoms with Crippen LogP contribution in [0.25, 0.3) is 0 Å². The monoisotopic (exact) mass is 226 g/mol. The van der Waals surface area contributed by atoms with Crippen LogP contribution in [0.3, 0.4) is 0 Å². The van der Waals surface area contributed by atoms with Crippen LogP contribution >= 0.6 is 32.5 Å². The standard InChI is InChI=1S/2BrHO.2H3N/c2*1-2;;/h2*2H;2*1H3. The summed E-state index contributed by atoms with van der Waals surface area (Å²) < 4.78 is 13.6. The topological polar surface area (TPSA) is 110 Å². The molecule has 0 atom stereocenters. The summed E-state index contributed by atoms with van der Waals surface area (Å²) in [7, 11) is 0. The van der Waals surface area contributed by atoms with Crippen molar-refractivity contribution in [2.45, 2.75) is 0 Å². The van der Waals surface area contributed by atoms with Gasteiger partial charge in [0.2, 0.25) is 0 Å². The second kappa shape index (κ2) is 209. The zero-order valence-corrected chi connectivity index (χ0v) is 6.24. The van der Waals surface area contributed by atoms with Gasteiger partial charge in [-0.1, -0.05) is 0 Å².